The summed E-state index contributed by atoms with van der Waals surface area (Å²) in [5.41, 5.74) is 6.96. The van der Waals surface area contributed by atoms with Crippen molar-refractivity contribution in [3.63, 3.8) is 0 Å². The van der Waals surface area contributed by atoms with Crippen LogP contribution in [-0.2, 0) is 0 Å². The minimum absolute atomic E-state index is 0.678. The number of hydrogen-bond acceptors (Lipinski definition) is 2. The van der Waals surface area contributed by atoms with Gasteiger partial charge in [0.15, 0.2) is 0 Å². The maximum absolute atomic E-state index is 8.48. The average molecular weight is 379 g/mol. The Morgan fingerprint density at radius 3 is 2.50 bits per heavy atom. The fourth-order valence-electron chi connectivity index (χ4n) is 3.95. The Hall–Kier alpha value is -2.09. The second kappa shape index (κ2) is 11.0. The predicted molar refractivity (Wildman–Crippen MR) is 123 cm³/mol. The Morgan fingerprint density at radius 2 is 1.93 bits per heavy atom. The standard InChI is InChI=1S/C17H21N.C7H11N.C2H6/c1-4-7-16(13(3)14-10-11-14)17(18)15-9-6-5-8-12(15)2;1-2-6-4-5-7(3-1)8-6;1-2/h4-6,8-9,14,18H,1,7,10-11H2,2-3H3;4,7-8H,1-3,5H2;1-2H3/b16-13+,18-17?;;. The summed E-state index contributed by atoms with van der Waals surface area (Å²) in [7, 11) is 0. The number of hydrogen-bond donors (Lipinski definition) is 2. The van der Waals surface area contributed by atoms with Crippen LogP contribution < -0.4 is 5.32 Å². The lowest BCUT2D eigenvalue weighted by Crippen LogP contribution is -2.26. The molecule has 0 spiro atoms. The van der Waals surface area contributed by atoms with Gasteiger partial charge in [-0.3, -0.25) is 5.41 Å². The lowest BCUT2D eigenvalue weighted by Gasteiger charge is -2.18. The molecule has 2 aliphatic heterocycles. The maximum Gasteiger partial charge on any atom is 0.0649 e. The van der Waals surface area contributed by atoms with Gasteiger partial charge < -0.3 is 5.32 Å². The van der Waals surface area contributed by atoms with E-state index in [9.17, 15) is 0 Å². The first-order valence-electron chi connectivity index (χ1n) is 11.0. The topological polar surface area (TPSA) is 35.9 Å². The van der Waals surface area contributed by atoms with Gasteiger partial charge in [0.05, 0.1) is 5.71 Å². The summed E-state index contributed by atoms with van der Waals surface area (Å²) in [5.74, 6) is 0.712. The zero-order chi connectivity index (χ0) is 20.5. The zero-order valence-electron chi connectivity index (χ0n) is 18.3. The lowest BCUT2D eigenvalue weighted by molar-refractivity contribution is 0.488. The van der Waals surface area contributed by atoms with Gasteiger partial charge in [-0.15, -0.1) is 6.58 Å². The molecule has 2 heterocycles. The first-order valence-corrected chi connectivity index (χ1v) is 11.0. The van der Waals surface area contributed by atoms with Crippen molar-refractivity contribution in [2.45, 2.75) is 78.7 Å². The van der Waals surface area contributed by atoms with Gasteiger partial charge >= 0.3 is 0 Å². The summed E-state index contributed by atoms with van der Waals surface area (Å²) in [4.78, 5) is 0. The molecule has 0 amide bonds. The Bertz CT molecular complexity index is 735. The molecule has 1 saturated carbocycles. The number of aryl methyl sites for hydroxylation is 1. The van der Waals surface area contributed by atoms with Gasteiger partial charge in [-0.2, -0.15) is 0 Å². The Labute approximate surface area is 172 Å². The van der Waals surface area contributed by atoms with Crippen LogP contribution in [-0.4, -0.2) is 11.8 Å². The number of rotatable bonds is 5. The summed E-state index contributed by atoms with van der Waals surface area (Å²) < 4.78 is 0. The number of benzene rings is 1. The summed E-state index contributed by atoms with van der Waals surface area (Å²) in [5, 5.41) is 11.9. The third-order valence-electron chi connectivity index (χ3n) is 5.77. The lowest BCUT2D eigenvalue weighted by atomic mass is 9.91. The van der Waals surface area contributed by atoms with Crippen molar-refractivity contribution >= 4 is 5.71 Å². The summed E-state index contributed by atoms with van der Waals surface area (Å²) in [6.45, 7) is 12.1. The van der Waals surface area contributed by atoms with Crippen LogP contribution in [0.4, 0.5) is 0 Å². The SMILES string of the molecule is C1=C2CCCC(C1)N2.C=CC/C(C(=N)c1ccccc1C)=C(/C)C1CC1.CC. The summed E-state index contributed by atoms with van der Waals surface area (Å²) in [6, 6.07) is 8.97. The minimum Gasteiger partial charge on any atom is -0.386 e. The van der Waals surface area contributed by atoms with Crippen LogP contribution in [0.1, 0.15) is 76.8 Å². The molecule has 2 heteroatoms. The van der Waals surface area contributed by atoms with Gasteiger partial charge in [0, 0.05) is 17.3 Å². The van der Waals surface area contributed by atoms with Crippen LogP contribution in [0.15, 0.2) is 59.8 Å². The highest BCUT2D eigenvalue weighted by molar-refractivity contribution is 6.12. The van der Waals surface area contributed by atoms with Crippen molar-refractivity contribution in [3.8, 4) is 0 Å². The Kier molecular flexibility index (Phi) is 8.76. The van der Waals surface area contributed by atoms with Crippen LogP contribution in [0.3, 0.4) is 0 Å². The average Bonchev–Trinajstić information content (AvgIpc) is 3.53. The summed E-state index contributed by atoms with van der Waals surface area (Å²) in [6.07, 6.45) is 13.0. The number of piperidine rings is 1. The van der Waals surface area contributed by atoms with E-state index in [0.717, 1.165) is 18.0 Å². The van der Waals surface area contributed by atoms with Crippen LogP contribution in [0.25, 0.3) is 0 Å². The van der Waals surface area contributed by atoms with Gasteiger partial charge in [-0.25, -0.2) is 0 Å². The van der Waals surface area contributed by atoms with E-state index in [0.29, 0.717) is 11.6 Å². The molecule has 1 aromatic carbocycles. The van der Waals surface area contributed by atoms with Crippen LogP contribution in [0.2, 0.25) is 0 Å². The van der Waals surface area contributed by atoms with Gasteiger partial charge in [-0.1, -0.05) is 55.8 Å². The highest BCUT2D eigenvalue weighted by Crippen LogP contribution is 2.39. The molecular weight excluding hydrogens is 340 g/mol. The minimum atomic E-state index is 0.678. The normalized spacial score (nSPS) is 20.3. The highest BCUT2D eigenvalue weighted by Gasteiger charge is 2.26. The molecule has 1 saturated heterocycles. The van der Waals surface area contributed by atoms with E-state index in [-0.39, 0.29) is 0 Å². The predicted octanol–water partition coefficient (Wildman–Crippen LogP) is 7.11. The molecule has 2 bridgehead atoms. The third-order valence-corrected chi connectivity index (χ3v) is 5.77. The van der Waals surface area contributed by atoms with Crippen LogP contribution in [0.5, 0.6) is 0 Å². The first-order chi connectivity index (χ1) is 13.6. The Balaban J connectivity index is 0.000000231. The number of nitrogens with one attached hydrogen (secondary N) is 2. The molecule has 2 fully saturated rings. The van der Waals surface area contributed by atoms with E-state index < -0.39 is 0 Å². The largest absolute Gasteiger partial charge is 0.386 e. The van der Waals surface area contributed by atoms with Gasteiger partial charge in [-0.05, 0) is 75.8 Å². The van der Waals surface area contributed by atoms with Gasteiger partial charge in [0.2, 0.25) is 0 Å². The van der Waals surface area contributed by atoms with E-state index in [1.54, 1.807) is 0 Å². The van der Waals surface area contributed by atoms with Crippen molar-refractivity contribution in [2.24, 2.45) is 5.92 Å². The molecule has 2 N–H and O–H groups in total. The van der Waals surface area contributed by atoms with E-state index in [4.69, 9.17) is 5.41 Å². The second-order valence-corrected chi connectivity index (χ2v) is 7.82. The maximum atomic E-state index is 8.48. The van der Waals surface area contributed by atoms with E-state index in [1.165, 1.54) is 60.9 Å². The fraction of sp³-hybridized carbons (Fsp3) is 0.500. The second-order valence-electron chi connectivity index (χ2n) is 7.82. The molecule has 1 aliphatic carbocycles. The van der Waals surface area contributed by atoms with Crippen molar-refractivity contribution in [3.05, 3.63) is 71.0 Å². The number of fused-ring (bicyclic) bond motifs is 2. The van der Waals surface area contributed by atoms with Crippen molar-refractivity contribution in [2.75, 3.05) is 0 Å². The monoisotopic (exact) mass is 378 g/mol. The molecule has 2 nitrogen and oxygen atoms in total. The van der Waals surface area contributed by atoms with Crippen LogP contribution >= 0.6 is 0 Å². The van der Waals surface area contributed by atoms with Crippen molar-refractivity contribution in [1.29, 1.82) is 5.41 Å². The molecular formula is C26H38N2. The molecule has 4 rings (SSSR count). The highest BCUT2D eigenvalue weighted by atomic mass is 15.0. The van der Waals surface area contributed by atoms with Gasteiger partial charge in [0.1, 0.15) is 0 Å². The molecule has 1 atom stereocenters. The fourth-order valence-corrected chi connectivity index (χ4v) is 3.95. The Morgan fingerprint density at radius 1 is 1.21 bits per heavy atom. The molecule has 1 aromatic rings. The van der Waals surface area contributed by atoms with Crippen molar-refractivity contribution in [1.82, 2.24) is 5.32 Å². The smallest absolute Gasteiger partial charge is 0.0649 e. The molecule has 28 heavy (non-hydrogen) atoms. The first kappa shape index (κ1) is 22.2. The third kappa shape index (κ3) is 5.95. The molecule has 1 unspecified atom stereocenters. The quantitative estimate of drug-likeness (QED) is 0.416. The molecule has 0 aromatic heterocycles. The zero-order valence-corrected chi connectivity index (χ0v) is 18.3. The van der Waals surface area contributed by atoms with E-state index in [2.05, 4.69) is 37.9 Å². The molecule has 0 radical (unpaired) electrons. The molecule has 152 valence electrons. The van der Waals surface area contributed by atoms with Gasteiger partial charge in [0.25, 0.3) is 0 Å². The van der Waals surface area contributed by atoms with E-state index >= 15 is 0 Å². The number of allylic oxidation sites excluding steroid dienone is 4. The van der Waals surface area contributed by atoms with Crippen molar-refractivity contribution < 1.29 is 0 Å². The van der Waals surface area contributed by atoms with E-state index in [1.807, 2.05) is 38.1 Å². The summed E-state index contributed by atoms with van der Waals surface area (Å²) >= 11 is 0. The molecule has 3 aliphatic rings. The van der Waals surface area contributed by atoms with Crippen LogP contribution in [0, 0.1) is 18.3 Å².